The first kappa shape index (κ1) is 13.6. The minimum Gasteiger partial charge on any atom is -0.311 e. The standard InChI is InChI=1S/C17H23N3/c1-12(14-5-3-4-13(8-14)11-18)20(2)17-9-15-6-7-16(10-17)19-15/h3-5,8,12,15-17,19H,6-7,9-10H2,1-2H3. The molecule has 0 aliphatic carbocycles. The number of nitriles is 1. The fourth-order valence-corrected chi connectivity index (χ4v) is 3.78. The average molecular weight is 269 g/mol. The summed E-state index contributed by atoms with van der Waals surface area (Å²) in [4.78, 5) is 2.50. The third kappa shape index (κ3) is 2.59. The summed E-state index contributed by atoms with van der Waals surface area (Å²) in [6, 6.07) is 12.7. The monoisotopic (exact) mass is 269 g/mol. The summed E-state index contributed by atoms with van der Waals surface area (Å²) in [5.41, 5.74) is 2.01. The largest absolute Gasteiger partial charge is 0.311 e. The van der Waals surface area contributed by atoms with Gasteiger partial charge in [-0.15, -0.1) is 0 Å². The fourth-order valence-electron chi connectivity index (χ4n) is 3.78. The maximum atomic E-state index is 9.04. The van der Waals surface area contributed by atoms with E-state index in [1.165, 1.54) is 31.2 Å². The molecule has 0 amide bonds. The third-order valence-electron chi connectivity index (χ3n) is 5.13. The van der Waals surface area contributed by atoms with E-state index in [9.17, 15) is 0 Å². The zero-order valence-electron chi connectivity index (χ0n) is 12.3. The third-order valence-corrected chi connectivity index (χ3v) is 5.13. The zero-order valence-corrected chi connectivity index (χ0v) is 12.3. The van der Waals surface area contributed by atoms with Crippen LogP contribution in [0.2, 0.25) is 0 Å². The Bertz CT molecular complexity index is 507. The van der Waals surface area contributed by atoms with E-state index in [2.05, 4.69) is 36.3 Å². The van der Waals surface area contributed by atoms with E-state index < -0.39 is 0 Å². The minimum absolute atomic E-state index is 0.366. The fraction of sp³-hybridized carbons (Fsp3) is 0.588. The number of benzene rings is 1. The molecule has 106 valence electrons. The zero-order chi connectivity index (χ0) is 14.1. The van der Waals surface area contributed by atoms with Crippen molar-refractivity contribution in [3.63, 3.8) is 0 Å². The molecule has 3 rings (SSSR count). The number of fused-ring (bicyclic) bond motifs is 2. The van der Waals surface area contributed by atoms with Crippen LogP contribution >= 0.6 is 0 Å². The Morgan fingerprint density at radius 3 is 2.65 bits per heavy atom. The molecule has 0 saturated carbocycles. The molecular weight excluding hydrogens is 246 g/mol. The van der Waals surface area contributed by atoms with Gasteiger partial charge in [0.05, 0.1) is 11.6 Å². The lowest BCUT2D eigenvalue weighted by molar-refractivity contribution is 0.132. The van der Waals surface area contributed by atoms with E-state index in [0.29, 0.717) is 12.1 Å². The highest BCUT2D eigenvalue weighted by molar-refractivity contribution is 5.34. The minimum atomic E-state index is 0.366. The number of hydrogen-bond acceptors (Lipinski definition) is 3. The Hall–Kier alpha value is -1.37. The lowest BCUT2D eigenvalue weighted by Crippen LogP contribution is -2.47. The van der Waals surface area contributed by atoms with E-state index in [1.54, 1.807) is 0 Å². The number of hydrogen-bond donors (Lipinski definition) is 1. The summed E-state index contributed by atoms with van der Waals surface area (Å²) in [6.07, 6.45) is 5.20. The van der Waals surface area contributed by atoms with Crippen LogP contribution in [0.4, 0.5) is 0 Å². The van der Waals surface area contributed by atoms with Crippen LogP contribution in [0.5, 0.6) is 0 Å². The van der Waals surface area contributed by atoms with Gasteiger partial charge in [-0.2, -0.15) is 5.26 Å². The second kappa shape index (κ2) is 5.55. The summed E-state index contributed by atoms with van der Waals surface area (Å²) < 4.78 is 0. The molecule has 2 bridgehead atoms. The summed E-state index contributed by atoms with van der Waals surface area (Å²) in [6.45, 7) is 2.25. The number of piperidine rings is 1. The topological polar surface area (TPSA) is 39.1 Å². The first-order valence-electron chi connectivity index (χ1n) is 7.65. The first-order valence-corrected chi connectivity index (χ1v) is 7.65. The molecule has 1 aromatic rings. The Balaban J connectivity index is 1.73. The molecule has 1 aromatic carbocycles. The lowest BCUT2D eigenvalue weighted by Gasteiger charge is -2.39. The Labute approximate surface area is 121 Å². The van der Waals surface area contributed by atoms with Crippen LogP contribution in [0.1, 0.15) is 49.8 Å². The normalized spacial score (nSPS) is 30.2. The van der Waals surface area contributed by atoms with E-state index in [0.717, 1.165) is 17.6 Å². The van der Waals surface area contributed by atoms with Gasteiger partial charge in [0.25, 0.3) is 0 Å². The Morgan fingerprint density at radius 2 is 2.00 bits per heavy atom. The van der Waals surface area contributed by atoms with Gasteiger partial charge in [-0.3, -0.25) is 4.90 Å². The van der Waals surface area contributed by atoms with Crippen molar-refractivity contribution < 1.29 is 0 Å². The van der Waals surface area contributed by atoms with Gasteiger partial charge in [-0.25, -0.2) is 0 Å². The second-order valence-electron chi connectivity index (χ2n) is 6.34. The Morgan fingerprint density at radius 1 is 1.30 bits per heavy atom. The molecule has 3 heteroatoms. The number of nitrogens with zero attached hydrogens (tertiary/aromatic N) is 2. The second-order valence-corrected chi connectivity index (χ2v) is 6.34. The van der Waals surface area contributed by atoms with Crippen molar-refractivity contribution in [3.05, 3.63) is 35.4 Å². The van der Waals surface area contributed by atoms with E-state index >= 15 is 0 Å². The summed E-state index contributed by atoms with van der Waals surface area (Å²) in [5, 5.41) is 12.7. The van der Waals surface area contributed by atoms with Gasteiger partial charge in [0.2, 0.25) is 0 Å². The van der Waals surface area contributed by atoms with Crippen molar-refractivity contribution in [2.45, 2.75) is 56.8 Å². The molecule has 2 heterocycles. The van der Waals surface area contributed by atoms with Gasteiger partial charge in [0, 0.05) is 24.2 Å². The molecule has 3 unspecified atom stereocenters. The number of rotatable bonds is 3. The predicted molar refractivity (Wildman–Crippen MR) is 80.3 cm³/mol. The summed E-state index contributed by atoms with van der Waals surface area (Å²) in [5.74, 6) is 0. The van der Waals surface area contributed by atoms with E-state index in [1.807, 2.05) is 18.2 Å². The molecule has 1 N–H and O–H groups in total. The van der Waals surface area contributed by atoms with Gasteiger partial charge in [-0.05, 0) is 57.4 Å². The van der Waals surface area contributed by atoms with E-state index in [4.69, 9.17) is 5.26 Å². The summed E-state index contributed by atoms with van der Waals surface area (Å²) >= 11 is 0. The van der Waals surface area contributed by atoms with Gasteiger partial charge in [0.1, 0.15) is 0 Å². The Kier molecular flexibility index (Phi) is 3.78. The molecule has 0 aromatic heterocycles. The molecule has 20 heavy (non-hydrogen) atoms. The highest BCUT2D eigenvalue weighted by atomic mass is 15.2. The maximum absolute atomic E-state index is 9.04. The first-order chi connectivity index (χ1) is 9.67. The highest BCUT2D eigenvalue weighted by Crippen LogP contribution is 2.33. The van der Waals surface area contributed by atoms with Gasteiger partial charge in [0.15, 0.2) is 0 Å². The van der Waals surface area contributed by atoms with Crippen molar-refractivity contribution in [3.8, 4) is 6.07 Å². The average Bonchev–Trinajstić information content (AvgIpc) is 2.84. The molecule has 2 aliphatic heterocycles. The highest BCUT2D eigenvalue weighted by Gasteiger charge is 2.36. The van der Waals surface area contributed by atoms with Crippen molar-refractivity contribution in [1.82, 2.24) is 10.2 Å². The molecule has 2 aliphatic rings. The van der Waals surface area contributed by atoms with Crippen molar-refractivity contribution in [2.24, 2.45) is 0 Å². The van der Waals surface area contributed by atoms with Crippen molar-refractivity contribution >= 4 is 0 Å². The van der Waals surface area contributed by atoms with Crippen LogP contribution in [0.25, 0.3) is 0 Å². The molecule has 3 atom stereocenters. The van der Waals surface area contributed by atoms with Crippen LogP contribution in [0.3, 0.4) is 0 Å². The predicted octanol–water partition coefficient (Wildman–Crippen LogP) is 2.83. The van der Waals surface area contributed by atoms with E-state index in [-0.39, 0.29) is 0 Å². The van der Waals surface area contributed by atoms with Crippen LogP contribution < -0.4 is 5.32 Å². The van der Waals surface area contributed by atoms with Crippen molar-refractivity contribution in [2.75, 3.05) is 7.05 Å². The maximum Gasteiger partial charge on any atom is 0.0991 e. The van der Waals surface area contributed by atoms with Gasteiger partial charge < -0.3 is 5.32 Å². The molecule has 0 spiro atoms. The molecule has 2 fully saturated rings. The quantitative estimate of drug-likeness (QED) is 0.917. The molecule has 3 nitrogen and oxygen atoms in total. The SMILES string of the molecule is CC(c1cccc(C#N)c1)N(C)C1CC2CCC(C1)N2. The smallest absolute Gasteiger partial charge is 0.0991 e. The molecule has 2 saturated heterocycles. The van der Waals surface area contributed by atoms with Gasteiger partial charge >= 0.3 is 0 Å². The van der Waals surface area contributed by atoms with Crippen LogP contribution in [-0.4, -0.2) is 30.1 Å². The summed E-state index contributed by atoms with van der Waals surface area (Å²) in [7, 11) is 2.24. The van der Waals surface area contributed by atoms with Crippen LogP contribution in [0.15, 0.2) is 24.3 Å². The molecule has 0 radical (unpaired) electrons. The van der Waals surface area contributed by atoms with Gasteiger partial charge in [-0.1, -0.05) is 12.1 Å². The lowest BCUT2D eigenvalue weighted by atomic mass is 9.95. The van der Waals surface area contributed by atoms with Crippen molar-refractivity contribution in [1.29, 1.82) is 5.26 Å². The van der Waals surface area contributed by atoms with Crippen LogP contribution in [-0.2, 0) is 0 Å². The molecular formula is C17H23N3. The number of nitrogens with one attached hydrogen (secondary N) is 1. The van der Waals surface area contributed by atoms with Crippen LogP contribution in [0, 0.1) is 11.3 Å².